The smallest absolute Gasteiger partial charge is 0.311 e. The number of alkyl halides is 3. The Bertz CT molecular complexity index is 656. The number of carbonyl (C=O) groups is 1. The summed E-state index contributed by atoms with van der Waals surface area (Å²) in [5, 5.41) is 0. The fraction of sp³-hybridized carbons (Fsp3) is 0.133. The molecule has 0 aliphatic carbocycles. The molecule has 2 aromatic rings. The second kappa shape index (κ2) is 5.89. The van der Waals surface area contributed by atoms with Crippen LogP contribution in [0.4, 0.5) is 18.9 Å². The van der Waals surface area contributed by atoms with E-state index in [2.05, 4.69) is 15.9 Å². The number of hydrogen-bond acceptors (Lipinski definition) is 1. The molecule has 6 heteroatoms. The first kappa shape index (κ1) is 15.6. The van der Waals surface area contributed by atoms with Crippen molar-refractivity contribution in [1.29, 1.82) is 0 Å². The molecule has 0 atom stereocenters. The van der Waals surface area contributed by atoms with Crippen LogP contribution in [0, 0.1) is 0 Å². The van der Waals surface area contributed by atoms with Crippen LogP contribution in [0.15, 0.2) is 53.0 Å². The van der Waals surface area contributed by atoms with E-state index in [0.29, 0.717) is 10.2 Å². The van der Waals surface area contributed by atoms with E-state index in [4.69, 9.17) is 0 Å². The van der Waals surface area contributed by atoms with Gasteiger partial charge in [0.15, 0.2) is 0 Å². The van der Waals surface area contributed by atoms with E-state index in [1.54, 1.807) is 30.3 Å². The minimum absolute atomic E-state index is 0.0313. The van der Waals surface area contributed by atoms with Crippen LogP contribution in [-0.2, 0) is 6.18 Å². The number of hydrogen-bond donors (Lipinski definition) is 0. The molecule has 0 saturated heterocycles. The molecule has 0 bridgehead atoms. The molecule has 0 aliphatic rings. The molecular weight excluding hydrogens is 347 g/mol. The minimum Gasteiger partial charge on any atom is -0.311 e. The van der Waals surface area contributed by atoms with Gasteiger partial charge >= 0.3 is 6.18 Å². The van der Waals surface area contributed by atoms with Crippen LogP contribution in [0.2, 0.25) is 0 Å². The lowest BCUT2D eigenvalue weighted by atomic mass is 10.1. The molecule has 0 radical (unpaired) electrons. The molecule has 21 heavy (non-hydrogen) atoms. The number of rotatable bonds is 2. The zero-order valence-corrected chi connectivity index (χ0v) is 12.6. The van der Waals surface area contributed by atoms with Gasteiger partial charge in [-0.2, -0.15) is 13.2 Å². The fourth-order valence-electron chi connectivity index (χ4n) is 1.82. The molecule has 2 nitrogen and oxygen atoms in total. The summed E-state index contributed by atoms with van der Waals surface area (Å²) in [6.45, 7) is 0. The van der Waals surface area contributed by atoms with E-state index in [1.165, 1.54) is 18.0 Å². The molecule has 0 spiro atoms. The Morgan fingerprint density at radius 3 is 2.29 bits per heavy atom. The number of nitrogens with zero attached hydrogens (tertiary/aromatic N) is 1. The lowest BCUT2D eigenvalue weighted by Crippen LogP contribution is -2.26. The molecule has 2 rings (SSSR count). The van der Waals surface area contributed by atoms with Gasteiger partial charge in [0, 0.05) is 17.2 Å². The maximum absolute atomic E-state index is 12.7. The average Bonchev–Trinajstić information content (AvgIpc) is 2.46. The average molecular weight is 358 g/mol. The van der Waals surface area contributed by atoms with Crippen molar-refractivity contribution in [1.82, 2.24) is 0 Å². The highest BCUT2D eigenvalue weighted by molar-refractivity contribution is 9.10. The number of amides is 1. The predicted molar refractivity (Wildman–Crippen MR) is 78.3 cm³/mol. The van der Waals surface area contributed by atoms with Crippen LogP contribution in [-0.4, -0.2) is 13.0 Å². The Kier molecular flexibility index (Phi) is 4.37. The second-order valence-electron chi connectivity index (χ2n) is 4.39. The van der Waals surface area contributed by atoms with Crippen molar-refractivity contribution in [2.24, 2.45) is 0 Å². The first-order chi connectivity index (χ1) is 9.80. The molecule has 0 heterocycles. The van der Waals surface area contributed by atoms with E-state index in [1.807, 2.05) is 0 Å². The van der Waals surface area contributed by atoms with Crippen molar-refractivity contribution >= 4 is 27.5 Å². The zero-order chi connectivity index (χ0) is 15.6. The summed E-state index contributed by atoms with van der Waals surface area (Å²) in [4.78, 5) is 13.7. The SMILES string of the molecule is CN(C(=O)c1cc(C(F)(F)F)ccc1Br)c1ccccc1. The maximum Gasteiger partial charge on any atom is 0.416 e. The van der Waals surface area contributed by atoms with Crippen molar-refractivity contribution < 1.29 is 18.0 Å². The molecule has 110 valence electrons. The van der Waals surface area contributed by atoms with Gasteiger partial charge in [0.05, 0.1) is 11.1 Å². The number of carbonyl (C=O) groups excluding carboxylic acids is 1. The third-order valence-corrected chi connectivity index (χ3v) is 3.66. The highest BCUT2D eigenvalue weighted by Gasteiger charge is 2.32. The Balaban J connectivity index is 2.39. The second-order valence-corrected chi connectivity index (χ2v) is 5.25. The third kappa shape index (κ3) is 3.44. The van der Waals surface area contributed by atoms with Crippen LogP contribution >= 0.6 is 15.9 Å². The van der Waals surface area contributed by atoms with E-state index >= 15 is 0 Å². The molecule has 0 saturated carbocycles. The van der Waals surface area contributed by atoms with Crippen molar-refractivity contribution in [3.05, 3.63) is 64.1 Å². The highest BCUT2D eigenvalue weighted by atomic mass is 79.9. The van der Waals surface area contributed by atoms with Crippen molar-refractivity contribution in [2.45, 2.75) is 6.18 Å². The van der Waals surface area contributed by atoms with E-state index in [9.17, 15) is 18.0 Å². The molecule has 0 aromatic heterocycles. The maximum atomic E-state index is 12.7. The zero-order valence-electron chi connectivity index (χ0n) is 11.0. The number of halogens is 4. The molecule has 2 aromatic carbocycles. The van der Waals surface area contributed by atoms with Crippen molar-refractivity contribution in [2.75, 3.05) is 11.9 Å². The highest BCUT2D eigenvalue weighted by Crippen LogP contribution is 2.32. The van der Waals surface area contributed by atoms with Crippen LogP contribution in [0.1, 0.15) is 15.9 Å². The fourth-order valence-corrected chi connectivity index (χ4v) is 2.23. The summed E-state index contributed by atoms with van der Waals surface area (Å²) in [6, 6.07) is 11.7. The Hall–Kier alpha value is -1.82. The van der Waals surface area contributed by atoms with E-state index in [0.717, 1.165) is 12.1 Å². The summed E-state index contributed by atoms with van der Waals surface area (Å²) in [7, 11) is 1.52. The third-order valence-electron chi connectivity index (χ3n) is 2.97. The molecule has 0 N–H and O–H groups in total. The molecular formula is C15H11BrF3NO. The van der Waals surface area contributed by atoms with Gasteiger partial charge in [0.1, 0.15) is 0 Å². The van der Waals surface area contributed by atoms with E-state index < -0.39 is 17.6 Å². The summed E-state index contributed by atoms with van der Waals surface area (Å²) in [6.07, 6.45) is -4.49. The van der Waals surface area contributed by atoms with Gasteiger partial charge in [-0.1, -0.05) is 18.2 Å². The Morgan fingerprint density at radius 1 is 1.10 bits per heavy atom. The predicted octanol–water partition coefficient (Wildman–Crippen LogP) is 4.74. The van der Waals surface area contributed by atoms with Gasteiger partial charge in [-0.05, 0) is 46.3 Å². The standard InChI is InChI=1S/C15H11BrF3NO/c1-20(11-5-3-2-4-6-11)14(21)12-9-10(15(17,18)19)7-8-13(12)16/h2-9H,1H3. The quantitative estimate of drug-likeness (QED) is 0.759. The first-order valence-corrected chi connectivity index (χ1v) is 6.80. The minimum atomic E-state index is -4.49. The molecule has 0 aliphatic heterocycles. The van der Waals surface area contributed by atoms with Gasteiger partial charge in [-0.3, -0.25) is 4.79 Å². The van der Waals surface area contributed by atoms with Gasteiger partial charge in [-0.15, -0.1) is 0 Å². The topological polar surface area (TPSA) is 20.3 Å². The summed E-state index contributed by atoms with van der Waals surface area (Å²) < 4.78 is 38.6. The van der Waals surface area contributed by atoms with Crippen LogP contribution < -0.4 is 4.90 Å². The van der Waals surface area contributed by atoms with Gasteiger partial charge in [0.2, 0.25) is 0 Å². The van der Waals surface area contributed by atoms with Crippen LogP contribution in [0.5, 0.6) is 0 Å². The molecule has 0 fully saturated rings. The van der Waals surface area contributed by atoms with Crippen molar-refractivity contribution in [3.63, 3.8) is 0 Å². The summed E-state index contributed by atoms with van der Waals surface area (Å²) in [5.74, 6) is -0.515. The lowest BCUT2D eigenvalue weighted by molar-refractivity contribution is -0.137. The Labute approximate surface area is 128 Å². The monoisotopic (exact) mass is 357 g/mol. The molecule has 1 amide bonds. The number of benzene rings is 2. The first-order valence-electron chi connectivity index (χ1n) is 6.00. The Morgan fingerprint density at radius 2 is 1.71 bits per heavy atom. The van der Waals surface area contributed by atoms with Crippen molar-refractivity contribution in [3.8, 4) is 0 Å². The number of para-hydroxylation sites is 1. The molecule has 0 unspecified atom stereocenters. The van der Waals surface area contributed by atoms with Gasteiger partial charge < -0.3 is 4.90 Å². The lowest BCUT2D eigenvalue weighted by Gasteiger charge is -2.19. The van der Waals surface area contributed by atoms with Crippen LogP contribution in [0.3, 0.4) is 0 Å². The van der Waals surface area contributed by atoms with Gasteiger partial charge in [-0.25, -0.2) is 0 Å². The number of anilines is 1. The normalized spacial score (nSPS) is 11.3. The summed E-state index contributed by atoms with van der Waals surface area (Å²) in [5.41, 5.74) is -0.279. The summed E-state index contributed by atoms with van der Waals surface area (Å²) >= 11 is 3.12. The van der Waals surface area contributed by atoms with Gasteiger partial charge in [0.25, 0.3) is 5.91 Å². The van der Waals surface area contributed by atoms with Crippen LogP contribution in [0.25, 0.3) is 0 Å². The van der Waals surface area contributed by atoms with E-state index in [-0.39, 0.29) is 5.56 Å². The largest absolute Gasteiger partial charge is 0.416 e.